The summed E-state index contributed by atoms with van der Waals surface area (Å²) in [4.78, 5) is 7.19. The lowest BCUT2D eigenvalue weighted by atomic mass is 10.0. The van der Waals surface area contributed by atoms with E-state index >= 15 is 0 Å². The highest BCUT2D eigenvalue weighted by Crippen LogP contribution is 2.32. The summed E-state index contributed by atoms with van der Waals surface area (Å²) >= 11 is 0. The smallest absolute Gasteiger partial charge is 0.116 e. The lowest BCUT2D eigenvalue weighted by molar-refractivity contribution is 0.475. The summed E-state index contributed by atoms with van der Waals surface area (Å²) in [6, 6.07) is 16.0. The fourth-order valence-corrected chi connectivity index (χ4v) is 3.42. The largest absolute Gasteiger partial charge is 0.508 e. The number of phenolic OH excluding ortho intramolecular Hbond substituents is 1. The van der Waals surface area contributed by atoms with E-state index in [0.717, 1.165) is 35.4 Å². The zero-order valence-corrected chi connectivity index (χ0v) is 13.3. The van der Waals surface area contributed by atoms with Crippen molar-refractivity contribution in [3.8, 4) is 16.9 Å². The van der Waals surface area contributed by atoms with E-state index in [1.165, 1.54) is 23.9 Å². The van der Waals surface area contributed by atoms with Crippen LogP contribution in [0.5, 0.6) is 5.75 Å². The van der Waals surface area contributed by atoms with Gasteiger partial charge in [-0.05, 0) is 55.2 Å². The zero-order chi connectivity index (χ0) is 15.8. The summed E-state index contributed by atoms with van der Waals surface area (Å²) < 4.78 is 0. The van der Waals surface area contributed by atoms with Gasteiger partial charge in [-0.15, -0.1) is 0 Å². The molecular formula is C20H20N2O. The second-order valence-corrected chi connectivity index (χ2v) is 6.26. The minimum Gasteiger partial charge on any atom is -0.508 e. The van der Waals surface area contributed by atoms with Gasteiger partial charge in [-0.25, -0.2) is 0 Å². The van der Waals surface area contributed by atoms with E-state index in [-0.39, 0.29) is 5.75 Å². The number of benzene rings is 2. The molecular weight excluding hydrogens is 284 g/mol. The van der Waals surface area contributed by atoms with Gasteiger partial charge in [0.25, 0.3) is 0 Å². The van der Waals surface area contributed by atoms with Crippen molar-refractivity contribution in [1.82, 2.24) is 4.98 Å². The van der Waals surface area contributed by atoms with Crippen LogP contribution in [0.25, 0.3) is 22.0 Å². The van der Waals surface area contributed by atoms with E-state index in [2.05, 4.69) is 36.1 Å². The Labute approximate surface area is 136 Å². The number of rotatable bonds is 2. The van der Waals surface area contributed by atoms with Gasteiger partial charge in [0.2, 0.25) is 0 Å². The van der Waals surface area contributed by atoms with Crippen LogP contribution in [0, 0.1) is 6.92 Å². The van der Waals surface area contributed by atoms with Gasteiger partial charge >= 0.3 is 0 Å². The van der Waals surface area contributed by atoms with Crippen molar-refractivity contribution in [2.75, 3.05) is 18.0 Å². The average Bonchev–Trinajstić information content (AvgIpc) is 3.07. The molecule has 4 rings (SSSR count). The minimum absolute atomic E-state index is 0.289. The highest BCUT2D eigenvalue weighted by molar-refractivity contribution is 5.94. The number of phenols is 1. The van der Waals surface area contributed by atoms with Crippen molar-refractivity contribution in [2.24, 2.45) is 0 Å². The molecule has 2 aromatic carbocycles. The number of fused-ring (bicyclic) bond motifs is 1. The van der Waals surface area contributed by atoms with E-state index in [0.29, 0.717) is 0 Å². The fraction of sp³-hybridized carbons (Fsp3) is 0.250. The second kappa shape index (κ2) is 5.58. The van der Waals surface area contributed by atoms with Crippen molar-refractivity contribution >= 4 is 16.6 Å². The second-order valence-electron chi connectivity index (χ2n) is 6.26. The van der Waals surface area contributed by atoms with Crippen LogP contribution in [0.3, 0.4) is 0 Å². The number of pyridine rings is 1. The van der Waals surface area contributed by atoms with Crippen LogP contribution in [-0.4, -0.2) is 23.2 Å². The first-order valence-corrected chi connectivity index (χ1v) is 8.16. The number of aromatic nitrogens is 1. The monoisotopic (exact) mass is 304 g/mol. The van der Waals surface area contributed by atoms with Crippen LogP contribution in [-0.2, 0) is 0 Å². The molecule has 1 aliphatic heterocycles. The molecule has 2 heterocycles. The van der Waals surface area contributed by atoms with E-state index in [9.17, 15) is 5.11 Å². The SMILES string of the molecule is Cc1cc(N2CCCC2)c2ccc(-c3cccc(O)c3)cc2n1. The van der Waals surface area contributed by atoms with Crippen LogP contribution in [0.15, 0.2) is 48.5 Å². The molecule has 0 unspecified atom stereocenters. The van der Waals surface area contributed by atoms with E-state index < -0.39 is 0 Å². The van der Waals surface area contributed by atoms with Gasteiger partial charge in [-0.3, -0.25) is 4.98 Å². The Hall–Kier alpha value is -2.55. The Morgan fingerprint density at radius 2 is 1.74 bits per heavy atom. The molecule has 1 fully saturated rings. The predicted molar refractivity (Wildman–Crippen MR) is 95.0 cm³/mol. The molecule has 0 spiro atoms. The summed E-state index contributed by atoms with van der Waals surface area (Å²) in [6.45, 7) is 4.32. The highest BCUT2D eigenvalue weighted by atomic mass is 16.3. The van der Waals surface area contributed by atoms with Gasteiger partial charge in [0, 0.05) is 29.9 Å². The number of aryl methyl sites for hydroxylation is 1. The summed E-state index contributed by atoms with van der Waals surface area (Å²) in [5.74, 6) is 0.289. The van der Waals surface area contributed by atoms with Crippen LogP contribution in [0.2, 0.25) is 0 Å². The molecule has 3 nitrogen and oxygen atoms in total. The zero-order valence-electron chi connectivity index (χ0n) is 13.3. The van der Waals surface area contributed by atoms with E-state index in [1.54, 1.807) is 12.1 Å². The predicted octanol–water partition coefficient (Wildman–Crippen LogP) is 4.52. The normalized spacial score (nSPS) is 14.6. The highest BCUT2D eigenvalue weighted by Gasteiger charge is 2.16. The maximum absolute atomic E-state index is 9.70. The lowest BCUT2D eigenvalue weighted by Crippen LogP contribution is -2.18. The molecule has 116 valence electrons. The van der Waals surface area contributed by atoms with Crippen molar-refractivity contribution in [3.63, 3.8) is 0 Å². The molecule has 1 saturated heterocycles. The number of hydrogen-bond donors (Lipinski definition) is 1. The Kier molecular flexibility index (Phi) is 3.41. The third kappa shape index (κ3) is 2.63. The number of hydrogen-bond acceptors (Lipinski definition) is 3. The maximum Gasteiger partial charge on any atom is 0.116 e. The molecule has 1 N–H and O–H groups in total. The maximum atomic E-state index is 9.70. The fourth-order valence-electron chi connectivity index (χ4n) is 3.42. The average molecular weight is 304 g/mol. The van der Waals surface area contributed by atoms with Gasteiger partial charge in [0.1, 0.15) is 5.75 Å². The molecule has 23 heavy (non-hydrogen) atoms. The summed E-state index contributed by atoms with van der Waals surface area (Å²) in [5, 5.41) is 10.9. The molecule has 1 aliphatic rings. The van der Waals surface area contributed by atoms with Gasteiger partial charge in [-0.2, -0.15) is 0 Å². The standard InChI is InChI=1S/C20H20N2O/c1-14-11-20(22-9-2-3-10-22)18-8-7-16(13-19(18)21-14)15-5-4-6-17(23)12-15/h4-8,11-13,23H,2-3,9-10H2,1H3. The third-order valence-corrected chi connectivity index (χ3v) is 4.54. The van der Waals surface area contributed by atoms with E-state index in [1.807, 2.05) is 12.1 Å². The van der Waals surface area contributed by atoms with Crippen molar-refractivity contribution < 1.29 is 5.11 Å². The summed E-state index contributed by atoms with van der Waals surface area (Å²) in [6.07, 6.45) is 2.54. The van der Waals surface area contributed by atoms with Crippen LogP contribution < -0.4 is 4.90 Å². The van der Waals surface area contributed by atoms with Gasteiger partial charge in [0.15, 0.2) is 0 Å². The van der Waals surface area contributed by atoms with Gasteiger partial charge in [-0.1, -0.05) is 24.3 Å². The summed E-state index contributed by atoms with van der Waals surface area (Å²) in [7, 11) is 0. The molecule has 0 radical (unpaired) electrons. The Balaban J connectivity index is 1.86. The molecule has 1 aromatic heterocycles. The molecule has 0 aliphatic carbocycles. The Bertz CT molecular complexity index is 867. The first-order valence-electron chi connectivity index (χ1n) is 8.16. The Morgan fingerprint density at radius 1 is 0.957 bits per heavy atom. The first kappa shape index (κ1) is 14.1. The molecule has 0 atom stereocenters. The lowest BCUT2D eigenvalue weighted by Gasteiger charge is -2.20. The van der Waals surface area contributed by atoms with Crippen molar-refractivity contribution in [3.05, 3.63) is 54.2 Å². The molecule has 0 amide bonds. The third-order valence-electron chi connectivity index (χ3n) is 4.54. The first-order chi connectivity index (χ1) is 11.2. The van der Waals surface area contributed by atoms with Crippen molar-refractivity contribution in [2.45, 2.75) is 19.8 Å². The van der Waals surface area contributed by atoms with Crippen LogP contribution in [0.1, 0.15) is 18.5 Å². The molecule has 3 aromatic rings. The van der Waals surface area contributed by atoms with Crippen LogP contribution >= 0.6 is 0 Å². The number of nitrogens with zero attached hydrogens (tertiary/aromatic N) is 2. The topological polar surface area (TPSA) is 36.4 Å². The molecule has 0 bridgehead atoms. The quantitative estimate of drug-likeness (QED) is 0.756. The number of aromatic hydroxyl groups is 1. The molecule has 0 saturated carbocycles. The minimum atomic E-state index is 0.289. The van der Waals surface area contributed by atoms with Gasteiger partial charge < -0.3 is 10.0 Å². The van der Waals surface area contributed by atoms with E-state index in [4.69, 9.17) is 4.98 Å². The summed E-state index contributed by atoms with van der Waals surface area (Å²) in [5.41, 5.74) is 5.46. The number of anilines is 1. The van der Waals surface area contributed by atoms with Gasteiger partial charge in [0.05, 0.1) is 5.52 Å². The van der Waals surface area contributed by atoms with Crippen molar-refractivity contribution in [1.29, 1.82) is 0 Å². The Morgan fingerprint density at radius 3 is 2.52 bits per heavy atom. The molecule has 3 heteroatoms. The van der Waals surface area contributed by atoms with Crippen LogP contribution in [0.4, 0.5) is 5.69 Å².